The summed E-state index contributed by atoms with van der Waals surface area (Å²) in [5.41, 5.74) is 0. The molecule has 2 aliphatic rings. The molecule has 0 aromatic heterocycles. The standard InChI is InChI=1S/C24H42F3NO11/c1-23(2)38-19(17-35-13-12-34-11-10-33-9-8-32-7-6-31-5-4-30-3)21(39-23)18(16-20-36-14-15-37-20)28-22(29)24(25,26)27/h18-21H,4-17H2,1-3H3,(H,28,29)/t18?,19-,21-/m0/s1. The quantitative estimate of drug-likeness (QED) is 0.197. The van der Waals surface area contributed by atoms with Gasteiger partial charge in [0, 0.05) is 13.5 Å². The average molecular weight is 578 g/mol. The SMILES string of the molecule is COCCOCCOCCOCCOCCOC[C@@H]1OC(C)(C)O[C@H]1C(CC1OCCO1)NC(=O)C(F)(F)F. The number of carbonyl (C=O) groups excluding carboxylic acids is 1. The molecule has 3 atom stereocenters. The lowest BCUT2D eigenvalue weighted by Gasteiger charge is -2.29. The van der Waals surface area contributed by atoms with Gasteiger partial charge < -0.3 is 52.7 Å². The van der Waals surface area contributed by atoms with Gasteiger partial charge in [-0.1, -0.05) is 0 Å². The Kier molecular flexibility index (Phi) is 16.0. The number of rotatable bonds is 21. The van der Waals surface area contributed by atoms with Crippen LogP contribution in [0, 0.1) is 0 Å². The van der Waals surface area contributed by atoms with Crippen molar-refractivity contribution in [3.05, 3.63) is 0 Å². The van der Waals surface area contributed by atoms with Gasteiger partial charge in [0.25, 0.3) is 0 Å². The molecule has 0 radical (unpaired) electrons. The maximum Gasteiger partial charge on any atom is 0.471 e. The maximum absolute atomic E-state index is 13.0. The van der Waals surface area contributed by atoms with Crippen LogP contribution in [0.2, 0.25) is 0 Å². The fourth-order valence-electron chi connectivity index (χ4n) is 3.83. The Morgan fingerprint density at radius 1 is 0.846 bits per heavy atom. The maximum atomic E-state index is 13.0. The lowest BCUT2D eigenvalue weighted by Crippen LogP contribution is -2.53. The molecule has 2 rings (SSSR count). The van der Waals surface area contributed by atoms with Gasteiger partial charge in [-0.05, 0) is 13.8 Å². The number of ether oxygens (including phenoxy) is 10. The zero-order valence-electron chi connectivity index (χ0n) is 22.8. The summed E-state index contributed by atoms with van der Waals surface area (Å²) in [6, 6.07) is -1.09. The topological polar surface area (TPSA) is 121 Å². The van der Waals surface area contributed by atoms with Crippen molar-refractivity contribution in [2.75, 3.05) is 93.0 Å². The number of hydrogen-bond acceptors (Lipinski definition) is 11. The van der Waals surface area contributed by atoms with Crippen molar-refractivity contribution >= 4 is 5.91 Å². The Balaban J connectivity index is 1.64. The number of nitrogens with one attached hydrogen (secondary N) is 1. The molecule has 0 aliphatic carbocycles. The van der Waals surface area contributed by atoms with Gasteiger partial charge in [-0.2, -0.15) is 13.2 Å². The Morgan fingerprint density at radius 2 is 1.33 bits per heavy atom. The Labute approximate surface area is 226 Å². The molecule has 1 amide bonds. The van der Waals surface area contributed by atoms with Crippen molar-refractivity contribution in [3.8, 4) is 0 Å². The molecule has 0 bridgehead atoms. The van der Waals surface area contributed by atoms with Crippen molar-refractivity contribution in [1.29, 1.82) is 0 Å². The van der Waals surface area contributed by atoms with Crippen molar-refractivity contribution in [2.45, 2.75) is 56.8 Å². The van der Waals surface area contributed by atoms with E-state index < -0.39 is 42.4 Å². The fraction of sp³-hybridized carbons (Fsp3) is 0.958. The molecule has 15 heteroatoms. The van der Waals surface area contributed by atoms with Crippen molar-refractivity contribution in [3.63, 3.8) is 0 Å². The summed E-state index contributed by atoms with van der Waals surface area (Å²) in [6.07, 6.45) is -7.52. The van der Waals surface area contributed by atoms with Crippen LogP contribution >= 0.6 is 0 Å². The summed E-state index contributed by atoms with van der Waals surface area (Å²) in [5, 5.41) is 2.01. The highest BCUT2D eigenvalue weighted by Gasteiger charge is 2.49. The molecule has 1 unspecified atom stereocenters. The lowest BCUT2D eigenvalue weighted by molar-refractivity contribution is -0.178. The van der Waals surface area contributed by atoms with Crippen LogP contribution in [0.3, 0.4) is 0 Å². The summed E-state index contributed by atoms with van der Waals surface area (Å²) in [5.74, 6) is -3.17. The van der Waals surface area contributed by atoms with Gasteiger partial charge in [-0.3, -0.25) is 4.79 Å². The number of amides is 1. The van der Waals surface area contributed by atoms with E-state index >= 15 is 0 Å². The van der Waals surface area contributed by atoms with E-state index in [4.69, 9.17) is 47.4 Å². The van der Waals surface area contributed by atoms with Gasteiger partial charge in [0.2, 0.25) is 0 Å². The van der Waals surface area contributed by atoms with E-state index in [0.717, 1.165) is 0 Å². The monoisotopic (exact) mass is 577 g/mol. The number of methoxy groups -OCH3 is 1. The van der Waals surface area contributed by atoms with Crippen LogP contribution in [0.5, 0.6) is 0 Å². The van der Waals surface area contributed by atoms with Crippen molar-refractivity contribution in [2.24, 2.45) is 0 Å². The molecule has 39 heavy (non-hydrogen) atoms. The fourth-order valence-corrected chi connectivity index (χ4v) is 3.83. The minimum Gasteiger partial charge on any atom is -0.382 e. The second-order valence-electron chi connectivity index (χ2n) is 9.14. The van der Waals surface area contributed by atoms with Crippen LogP contribution in [0.15, 0.2) is 0 Å². The first-order valence-electron chi connectivity index (χ1n) is 13.0. The van der Waals surface area contributed by atoms with Gasteiger partial charge in [0.1, 0.15) is 12.2 Å². The highest BCUT2D eigenvalue weighted by atomic mass is 19.4. The van der Waals surface area contributed by atoms with Crippen LogP contribution in [0.4, 0.5) is 13.2 Å². The molecule has 0 spiro atoms. The zero-order valence-corrected chi connectivity index (χ0v) is 22.8. The number of halogens is 3. The van der Waals surface area contributed by atoms with Crippen LogP contribution in [-0.2, 0) is 52.2 Å². The zero-order chi connectivity index (χ0) is 28.6. The van der Waals surface area contributed by atoms with Gasteiger partial charge >= 0.3 is 12.1 Å². The van der Waals surface area contributed by atoms with Gasteiger partial charge in [0.15, 0.2) is 12.1 Å². The molecule has 2 heterocycles. The predicted octanol–water partition coefficient (Wildman–Crippen LogP) is 1.05. The van der Waals surface area contributed by atoms with Crippen LogP contribution in [0.25, 0.3) is 0 Å². The highest BCUT2D eigenvalue weighted by molar-refractivity contribution is 5.82. The molecular formula is C24H42F3NO11. The van der Waals surface area contributed by atoms with Crippen LogP contribution < -0.4 is 5.32 Å². The lowest BCUT2D eigenvalue weighted by atomic mass is 10.0. The van der Waals surface area contributed by atoms with E-state index in [1.54, 1.807) is 21.0 Å². The van der Waals surface area contributed by atoms with E-state index in [2.05, 4.69) is 0 Å². The van der Waals surface area contributed by atoms with Crippen molar-refractivity contribution < 1.29 is 65.3 Å². The number of carbonyl (C=O) groups is 1. The van der Waals surface area contributed by atoms with Crippen LogP contribution in [-0.4, -0.2) is 135 Å². The normalized spacial score (nSPS) is 22.4. The highest BCUT2D eigenvalue weighted by Crippen LogP contribution is 2.32. The Morgan fingerprint density at radius 3 is 1.82 bits per heavy atom. The van der Waals surface area contributed by atoms with Gasteiger partial charge in [-0.25, -0.2) is 0 Å². The molecule has 0 aromatic carbocycles. The largest absolute Gasteiger partial charge is 0.471 e. The second kappa shape index (κ2) is 18.3. The molecule has 0 aromatic rings. The molecule has 2 fully saturated rings. The van der Waals surface area contributed by atoms with Gasteiger partial charge in [0.05, 0.1) is 91.9 Å². The number of alkyl halides is 3. The minimum atomic E-state index is -5.05. The van der Waals surface area contributed by atoms with E-state index in [-0.39, 0.29) is 26.2 Å². The summed E-state index contributed by atoms with van der Waals surface area (Å²) in [7, 11) is 1.61. The predicted molar refractivity (Wildman–Crippen MR) is 128 cm³/mol. The first-order valence-corrected chi connectivity index (χ1v) is 13.0. The third-order valence-corrected chi connectivity index (χ3v) is 5.53. The number of hydrogen-bond donors (Lipinski definition) is 1. The Bertz CT molecular complexity index is 666. The smallest absolute Gasteiger partial charge is 0.382 e. The first kappa shape index (κ1) is 34.1. The Hall–Kier alpha value is -1.14. The minimum absolute atomic E-state index is 0.0191. The van der Waals surface area contributed by atoms with E-state index in [0.29, 0.717) is 66.1 Å². The molecule has 1 N–H and O–H groups in total. The van der Waals surface area contributed by atoms with Gasteiger partial charge in [-0.15, -0.1) is 0 Å². The van der Waals surface area contributed by atoms with Crippen molar-refractivity contribution in [1.82, 2.24) is 5.32 Å². The molecule has 12 nitrogen and oxygen atoms in total. The summed E-state index contributed by atoms with van der Waals surface area (Å²) in [6.45, 7) is 8.08. The molecule has 0 saturated carbocycles. The third-order valence-electron chi connectivity index (χ3n) is 5.53. The van der Waals surface area contributed by atoms with E-state index in [1.807, 2.05) is 5.32 Å². The summed E-state index contributed by atoms with van der Waals surface area (Å²) < 4.78 is 93.4. The van der Waals surface area contributed by atoms with Crippen LogP contribution in [0.1, 0.15) is 20.3 Å². The average Bonchev–Trinajstić information content (AvgIpc) is 3.49. The van der Waals surface area contributed by atoms with E-state index in [1.165, 1.54) is 0 Å². The molecule has 230 valence electrons. The van der Waals surface area contributed by atoms with E-state index in [9.17, 15) is 18.0 Å². The summed E-state index contributed by atoms with van der Waals surface area (Å²) in [4.78, 5) is 11.7. The molecule has 2 saturated heterocycles. The third kappa shape index (κ3) is 14.4. The summed E-state index contributed by atoms with van der Waals surface area (Å²) >= 11 is 0. The first-order chi connectivity index (χ1) is 18.6. The second-order valence-corrected chi connectivity index (χ2v) is 9.14. The molecule has 2 aliphatic heterocycles. The molecular weight excluding hydrogens is 535 g/mol.